The molecule has 0 aliphatic carbocycles. The molecule has 3 nitrogen and oxygen atoms in total. The van der Waals surface area contributed by atoms with E-state index in [2.05, 4.69) is 12.1 Å². The molecule has 0 aromatic rings. The summed E-state index contributed by atoms with van der Waals surface area (Å²) >= 11 is 0. The standard InChI is InChI=1S/CH4BO3P/c1-5-6(2,3)4/h1H3,(H,3,4). The Morgan fingerprint density at radius 1 is 2.00 bits per heavy atom. The molecule has 1 unspecified atom stereocenters. The summed E-state index contributed by atoms with van der Waals surface area (Å²) in [6.07, 6.45) is 0. The van der Waals surface area contributed by atoms with Gasteiger partial charge in [-0.15, -0.1) is 0 Å². The van der Waals surface area contributed by atoms with Crippen molar-refractivity contribution in [2.75, 3.05) is 7.11 Å². The smallest absolute Gasteiger partial charge is 0.260 e. The zero-order valence-corrected chi connectivity index (χ0v) is 4.18. The Kier molecular flexibility index (Phi) is 1.84. The van der Waals surface area contributed by atoms with Crippen LogP contribution in [0, 0.1) is 0 Å². The van der Waals surface area contributed by atoms with Gasteiger partial charge in [0.1, 0.15) is 0 Å². The maximum atomic E-state index is 9.69. The van der Waals surface area contributed by atoms with Gasteiger partial charge in [0.2, 0.25) is 7.57 Å². The van der Waals surface area contributed by atoms with Crippen LogP contribution < -0.4 is 0 Å². The molecule has 0 spiro atoms. The fourth-order valence-electron chi connectivity index (χ4n) is 0. The quantitative estimate of drug-likeness (QED) is 0.375. The van der Waals surface area contributed by atoms with Crippen LogP contribution >= 0.6 is 7.47 Å². The second-order valence-corrected chi connectivity index (χ2v) is 2.24. The minimum Gasteiger partial charge on any atom is -0.333 e. The average Bonchev–Trinajstić information content (AvgIpc) is 1.35. The van der Waals surface area contributed by atoms with Crippen LogP contribution in [0.1, 0.15) is 0 Å². The fourth-order valence-corrected chi connectivity index (χ4v) is 0. The molecule has 0 rings (SSSR count). The monoisotopic (exact) mass is 106 g/mol. The van der Waals surface area contributed by atoms with E-state index < -0.39 is 7.47 Å². The molecule has 0 fully saturated rings. The molecule has 6 heavy (non-hydrogen) atoms. The largest absolute Gasteiger partial charge is 0.333 e. The lowest BCUT2D eigenvalue weighted by molar-refractivity contribution is 0.334. The molecule has 1 N–H and O–H groups in total. The summed E-state index contributed by atoms with van der Waals surface area (Å²) in [5.41, 5.74) is 0. The summed E-state index contributed by atoms with van der Waals surface area (Å²) in [6, 6.07) is 0. The first-order chi connectivity index (χ1) is 2.56. The predicted molar refractivity (Wildman–Crippen MR) is 22.6 cm³/mol. The zero-order valence-electron chi connectivity index (χ0n) is 3.29. The van der Waals surface area contributed by atoms with Crippen molar-refractivity contribution < 1.29 is 14.0 Å². The van der Waals surface area contributed by atoms with Crippen molar-refractivity contribution in [3.05, 3.63) is 0 Å². The van der Waals surface area contributed by atoms with E-state index in [4.69, 9.17) is 4.89 Å². The topological polar surface area (TPSA) is 46.5 Å². The predicted octanol–water partition coefficient (Wildman–Crippen LogP) is -0.0983. The molecular formula is CH4BO3P. The lowest BCUT2D eigenvalue weighted by Gasteiger charge is -1.97. The molecule has 0 aliphatic rings. The summed E-state index contributed by atoms with van der Waals surface area (Å²) < 4.78 is 13.5. The van der Waals surface area contributed by atoms with Crippen molar-refractivity contribution in [1.82, 2.24) is 0 Å². The molecule has 0 aromatic heterocycles. The van der Waals surface area contributed by atoms with E-state index in [1.807, 2.05) is 0 Å². The molecule has 0 heterocycles. The van der Waals surface area contributed by atoms with Crippen molar-refractivity contribution in [3.8, 4) is 0 Å². The van der Waals surface area contributed by atoms with Crippen LogP contribution in [0.5, 0.6) is 0 Å². The molecule has 0 aliphatic heterocycles. The lowest BCUT2D eigenvalue weighted by atomic mass is 10.8. The Hall–Kier alpha value is 0.215. The third-order valence-corrected chi connectivity index (χ3v) is 0.785. The lowest BCUT2D eigenvalue weighted by Crippen LogP contribution is -1.77. The van der Waals surface area contributed by atoms with Gasteiger partial charge >= 0.3 is 0 Å². The van der Waals surface area contributed by atoms with E-state index in [9.17, 15) is 4.57 Å². The van der Waals surface area contributed by atoms with Gasteiger partial charge in [-0.2, -0.15) is 0 Å². The van der Waals surface area contributed by atoms with E-state index in [0.29, 0.717) is 0 Å². The van der Waals surface area contributed by atoms with Gasteiger partial charge in [0.15, 0.2) is 0 Å². The van der Waals surface area contributed by atoms with E-state index in [1.165, 1.54) is 0 Å². The number of hydrogen-bond acceptors (Lipinski definition) is 2. The molecule has 5 heteroatoms. The summed E-state index contributed by atoms with van der Waals surface area (Å²) in [4.78, 5) is 7.94. The Morgan fingerprint density at radius 2 is 2.17 bits per heavy atom. The molecule has 0 amide bonds. The highest BCUT2D eigenvalue weighted by Gasteiger charge is 2.02. The molecule has 0 aromatic carbocycles. The van der Waals surface area contributed by atoms with Gasteiger partial charge in [-0.3, -0.25) is 4.57 Å². The summed E-state index contributed by atoms with van der Waals surface area (Å²) in [5, 5.41) is 0. The Bertz CT molecular complexity index is 74.9. The average molecular weight is 106 g/mol. The van der Waals surface area contributed by atoms with Crippen molar-refractivity contribution in [3.63, 3.8) is 0 Å². The highest BCUT2D eigenvalue weighted by molar-refractivity contribution is 7.78. The van der Waals surface area contributed by atoms with E-state index in [-0.39, 0.29) is 0 Å². The van der Waals surface area contributed by atoms with Crippen LogP contribution in [0.4, 0.5) is 0 Å². The van der Waals surface area contributed by atoms with Gasteiger partial charge in [-0.25, -0.2) is 0 Å². The number of hydrogen-bond donors (Lipinski definition) is 1. The van der Waals surface area contributed by atoms with E-state index >= 15 is 0 Å². The number of rotatable bonds is 1. The highest BCUT2D eigenvalue weighted by Crippen LogP contribution is 2.32. The zero-order chi connectivity index (χ0) is 5.21. The van der Waals surface area contributed by atoms with Crippen LogP contribution in [0.3, 0.4) is 0 Å². The first kappa shape index (κ1) is 6.21. The van der Waals surface area contributed by atoms with Crippen LogP contribution in [-0.2, 0) is 9.09 Å². The van der Waals surface area contributed by atoms with Crippen LogP contribution in [0.2, 0.25) is 0 Å². The Morgan fingerprint density at radius 3 is 2.17 bits per heavy atom. The third kappa shape index (κ3) is 4.21. The second kappa shape index (κ2) is 1.78. The first-order valence-electron chi connectivity index (χ1n) is 1.23. The van der Waals surface area contributed by atoms with Crippen molar-refractivity contribution >= 4 is 15.0 Å². The van der Waals surface area contributed by atoms with Crippen LogP contribution in [0.15, 0.2) is 0 Å². The van der Waals surface area contributed by atoms with Gasteiger partial charge in [-0.1, -0.05) is 0 Å². The van der Waals surface area contributed by atoms with Crippen molar-refractivity contribution in [2.24, 2.45) is 0 Å². The maximum Gasteiger partial charge on any atom is 0.260 e. The molecule has 1 atom stereocenters. The summed E-state index contributed by atoms with van der Waals surface area (Å²) in [7, 11) is 1.85. The van der Waals surface area contributed by atoms with Gasteiger partial charge in [0.25, 0.3) is 7.47 Å². The SMILES string of the molecule is [B]P(=O)(O)OC. The molecule has 0 bridgehead atoms. The Balaban J connectivity index is 3.48. The normalized spacial score (nSPS) is 19.7. The fraction of sp³-hybridized carbons (Fsp3) is 1.00. The van der Waals surface area contributed by atoms with Gasteiger partial charge in [0, 0.05) is 7.11 Å². The molecule has 34 valence electrons. The molecule has 2 radical (unpaired) electrons. The van der Waals surface area contributed by atoms with E-state index in [1.54, 1.807) is 0 Å². The molecular weight excluding hydrogens is 102 g/mol. The minimum absolute atomic E-state index is 1.07. The minimum atomic E-state index is -3.65. The first-order valence-corrected chi connectivity index (χ1v) is 2.88. The third-order valence-electron chi connectivity index (χ3n) is 0.262. The summed E-state index contributed by atoms with van der Waals surface area (Å²) in [6.45, 7) is 0. The maximum absolute atomic E-state index is 9.69. The van der Waals surface area contributed by atoms with Crippen LogP contribution in [-0.4, -0.2) is 19.6 Å². The van der Waals surface area contributed by atoms with Crippen molar-refractivity contribution in [2.45, 2.75) is 0 Å². The van der Waals surface area contributed by atoms with Crippen molar-refractivity contribution in [1.29, 1.82) is 0 Å². The van der Waals surface area contributed by atoms with E-state index in [0.717, 1.165) is 7.11 Å². The van der Waals surface area contributed by atoms with Gasteiger partial charge in [0.05, 0.1) is 0 Å². The van der Waals surface area contributed by atoms with Gasteiger partial charge in [-0.05, 0) is 0 Å². The van der Waals surface area contributed by atoms with Gasteiger partial charge < -0.3 is 9.42 Å². The molecule has 0 saturated heterocycles. The second-order valence-electron chi connectivity index (χ2n) is 0.747. The Labute approximate surface area is 37.2 Å². The molecule has 0 saturated carbocycles. The highest BCUT2D eigenvalue weighted by atomic mass is 31.2. The summed E-state index contributed by atoms with van der Waals surface area (Å²) in [5.74, 6) is 0. The van der Waals surface area contributed by atoms with Crippen LogP contribution in [0.25, 0.3) is 0 Å².